The molecule has 1 saturated carbocycles. The second kappa shape index (κ2) is 11.1. The summed E-state index contributed by atoms with van der Waals surface area (Å²) in [6, 6.07) is 15.7. The summed E-state index contributed by atoms with van der Waals surface area (Å²) in [5, 5.41) is 14.4. The van der Waals surface area contributed by atoms with Gasteiger partial charge in [0.25, 0.3) is 5.91 Å². The van der Waals surface area contributed by atoms with Crippen LogP contribution < -0.4 is 5.43 Å². The zero-order valence-electron chi connectivity index (χ0n) is 17.4. The molecule has 0 unspecified atom stereocenters. The average molecular weight is 533 g/mol. The lowest BCUT2D eigenvalue weighted by Crippen LogP contribution is -2.20. The summed E-state index contributed by atoms with van der Waals surface area (Å²) in [6.07, 6.45) is 7.45. The Labute approximate surface area is 205 Å². The lowest BCUT2D eigenvalue weighted by Gasteiger charge is -2.25. The molecule has 1 aromatic heterocycles. The molecule has 32 heavy (non-hydrogen) atoms. The molecular weight excluding hydrogens is 510 g/mol. The van der Waals surface area contributed by atoms with Crippen LogP contribution in [0.15, 0.2) is 63.3 Å². The molecule has 0 bridgehead atoms. The number of amides is 1. The second-order valence-corrected chi connectivity index (χ2v) is 9.90. The minimum atomic E-state index is -0.186. The average Bonchev–Trinajstić information content (AvgIpc) is 3.24. The molecule has 4 rings (SSSR count). The van der Waals surface area contributed by atoms with Crippen molar-refractivity contribution in [1.82, 2.24) is 20.2 Å². The molecule has 0 saturated heterocycles. The largest absolute Gasteiger partial charge is 0.299 e. The number of benzene rings is 2. The fourth-order valence-corrected chi connectivity index (χ4v) is 4.92. The molecule has 6 nitrogen and oxygen atoms in total. The zero-order valence-corrected chi connectivity index (χ0v) is 20.5. The monoisotopic (exact) mass is 531 g/mol. The molecular formula is C23H23BrClN5OS. The lowest BCUT2D eigenvalue weighted by atomic mass is 9.95. The Hall–Kier alpha value is -2.16. The quantitative estimate of drug-likeness (QED) is 0.226. The van der Waals surface area contributed by atoms with Gasteiger partial charge >= 0.3 is 0 Å². The van der Waals surface area contributed by atoms with Gasteiger partial charge in [-0.3, -0.25) is 9.36 Å². The number of hydrogen-bond donors (Lipinski definition) is 1. The van der Waals surface area contributed by atoms with E-state index in [0.717, 1.165) is 39.4 Å². The van der Waals surface area contributed by atoms with Crippen LogP contribution in [0.2, 0.25) is 5.02 Å². The Morgan fingerprint density at radius 1 is 1.12 bits per heavy atom. The Bertz CT molecular complexity index is 1080. The molecule has 1 N–H and O–H groups in total. The first-order valence-corrected chi connectivity index (χ1v) is 12.7. The van der Waals surface area contributed by atoms with Crippen LogP contribution in [0.3, 0.4) is 0 Å². The van der Waals surface area contributed by atoms with E-state index < -0.39 is 0 Å². The SMILES string of the molecule is O=C(CSc1nnc(-c2ccc(Cl)cc2)n1C1CCCCC1)NN=Cc1ccc(Br)cc1. The minimum absolute atomic E-state index is 0.186. The number of rotatable bonds is 7. The zero-order chi connectivity index (χ0) is 22.3. The van der Waals surface area contributed by atoms with Gasteiger partial charge in [0.2, 0.25) is 0 Å². The molecule has 166 valence electrons. The van der Waals surface area contributed by atoms with Crippen LogP contribution in [0, 0.1) is 0 Å². The number of nitrogens with one attached hydrogen (secondary N) is 1. The maximum Gasteiger partial charge on any atom is 0.250 e. The van der Waals surface area contributed by atoms with E-state index in [-0.39, 0.29) is 11.7 Å². The fourth-order valence-electron chi connectivity index (χ4n) is 3.73. The van der Waals surface area contributed by atoms with E-state index in [0.29, 0.717) is 11.1 Å². The predicted molar refractivity (Wildman–Crippen MR) is 133 cm³/mol. The first-order chi connectivity index (χ1) is 15.6. The van der Waals surface area contributed by atoms with Gasteiger partial charge < -0.3 is 0 Å². The molecule has 0 aliphatic heterocycles. The Morgan fingerprint density at radius 3 is 2.56 bits per heavy atom. The highest BCUT2D eigenvalue weighted by atomic mass is 79.9. The third-order valence-corrected chi connectivity index (χ3v) is 7.04. The normalized spacial score (nSPS) is 14.7. The Kier molecular flexibility index (Phi) is 8.00. The molecule has 1 heterocycles. The number of hydrogen-bond acceptors (Lipinski definition) is 5. The van der Waals surface area contributed by atoms with Crippen molar-refractivity contribution in [1.29, 1.82) is 0 Å². The van der Waals surface area contributed by atoms with Crippen LogP contribution in [0.4, 0.5) is 0 Å². The number of aromatic nitrogens is 3. The van der Waals surface area contributed by atoms with Gasteiger partial charge in [-0.2, -0.15) is 5.10 Å². The Morgan fingerprint density at radius 2 is 1.84 bits per heavy atom. The van der Waals surface area contributed by atoms with Crippen molar-refractivity contribution in [3.8, 4) is 11.4 Å². The van der Waals surface area contributed by atoms with Crippen molar-refractivity contribution < 1.29 is 4.79 Å². The summed E-state index contributed by atoms with van der Waals surface area (Å²) in [5.41, 5.74) is 4.47. The number of carbonyl (C=O) groups is 1. The fraction of sp³-hybridized carbons (Fsp3) is 0.304. The first kappa shape index (κ1) is 23.0. The van der Waals surface area contributed by atoms with E-state index in [1.807, 2.05) is 48.5 Å². The third-order valence-electron chi connectivity index (χ3n) is 5.31. The summed E-state index contributed by atoms with van der Waals surface area (Å²) >= 11 is 10.8. The third kappa shape index (κ3) is 5.99. The van der Waals surface area contributed by atoms with Crippen LogP contribution in [-0.2, 0) is 4.79 Å². The molecule has 9 heteroatoms. The molecule has 2 aromatic carbocycles. The number of nitrogens with zero attached hydrogens (tertiary/aromatic N) is 4. The van der Waals surface area contributed by atoms with Gasteiger partial charge in [0, 0.05) is 21.1 Å². The molecule has 1 aliphatic carbocycles. The van der Waals surface area contributed by atoms with Crippen LogP contribution in [0.25, 0.3) is 11.4 Å². The number of halogens is 2. The number of thioether (sulfide) groups is 1. The van der Waals surface area contributed by atoms with Crippen LogP contribution in [0.1, 0.15) is 43.7 Å². The van der Waals surface area contributed by atoms with E-state index >= 15 is 0 Å². The van der Waals surface area contributed by atoms with Crippen molar-refractivity contribution >= 4 is 51.4 Å². The van der Waals surface area contributed by atoms with Gasteiger partial charge in [0.05, 0.1) is 12.0 Å². The van der Waals surface area contributed by atoms with Crippen molar-refractivity contribution in [2.75, 3.05) is 5.75 Å². The highest BCUT2D eigenvalue weighted by molar-refractivity contribution is 9.10. The smallest absolute Gasteiger partial charge is 0.250 e. The van der Waals surface area contributed by atoms with E-state index in [4.69, 9.17) is 11.6 Å². The van der Waals surface area contributed by atoms with Crippen LogP contribution in [0.5, 0.6) is 0 Å². The van der Waals surface area contributed by atoms with Crippen molar-refractivity contribution in [3.05, 3.63) is 63.6 Å². The van der Waals surface area contributed by atoms with E-state index in [2.05, 4.69) is 41.2 Å². The molecule has 0 spiro atoms. The van der Waals surface area contributed by atoms with Crippen molar-refractivity contribution in [3.63, 3.8) is 0 Å². The van der Waals surface area contributed by atoms with Gasteiger partial charge in [-0.1, -0.05) is 70.7 Å². The van der Waals surface area contributed by atoms with Gasteiger partial charge in [-0.15, -0.1) is 10.2 Å². The van der Waals surface area contributed by atoms with Crippen LogP contribution in [-0.4, -0.2) is 32.6 Å². The summed E-state index contributed by atoms with van der Waals surface area (Å²) in [6.45, 7) is 0. The lowest BCUT2D eigenvalue weighted by molar-refractivity contribution is -0.118. The van der Waals surface area contributed by atoms with Crippen molar-refractivity contribution in [2.45, 2.75) is 43.3 Å². The molecule has 1 fully saturated rings. The van der Waals surface area contributed by atoms with E-state index in [9.17, 15) is 4.79 Å². The summed E-state index contributed by atoms with van der Waals surface area (Å²) in [4.78, 5) is 12.3. The second-order valence-electron chi connectivity index (χ2n) is 7.61. The highest BCUT2D eigenvalue weighted by Gasteiger charge is 2.24. The molecule has 1 aliphatic rings. The topological polar surface area (TPSA) is 72.2 Å². The standard InChI is InChI=1S/C23H23BrClN5OS/c24-18-10-6-16(7-11-18)14-26-27-21(31)15-32-23-29-28-22(17-8-12-19(25)13-9-17)30(23)20-4-2-1-3-5-20/h6-14,20H,1-5,15H2,(H,27,31). The van der Waals surface area contributed by atoms with Gasteiger partial charge in [-0.25, -0.2) is 5.43 Å². The van der Waals surface area contributed by atoms with E-state index in [1.54, 1.807) is 6.21 Å². The number of carbonyl (C=O) groups excluding carboxylic acids is 1. The van der Waals surface area contributed by atoms with Gasteiger partial charge in [-0.05, 0) is 54.8 Å². The molecule has 0 radical (unpaired) electrons. The Balaban J connectivity index is 1.44. The van der Waals surface area contributed by atoms with Crippen molar-refractivity contribution in [2.24, 2.45) is 5.10 Å². The maximum absolute atomic E-state index is 12.3. The van der Waals surface area contributed by atoms with Gasteiger partial charge in [0.15, 0.2) is 11.0 Å². The van der Waals surface area contributed by atoms with Crippen LogP contribution >= 0.6 is 39.3 Å². The predicted octanol–water partition coefficient (Wildman–Crippen LogP) is 6.11. The summed E-state index contributed by atoms with van der Waals surface area (Å²) < 4.78 is 3.20. The molecule has 1 amide bonds. The van der Waals surface area contributed by atoms with Gasteiger partial charge in [0.1, 0.15) is 0 Å². The van der Waals surface area contributed by atoms with E-state index in [1.165, 1.54) is 31.0 Å². The summed E-state index contributed by atoms with van der Waals surface area (Å²) in [7, 11) is 0. The minimum Gasteiger partial charge on any atom is -0.299 e. The molecule has 0 atom stereocenters. The highest BCUT2D eigenvalue weighted by Crippen LogP contribution is 2.35. The first-order valence-electron chi connectivity index (χ1n) is 10.5. The summed E-state index contributed by atoms with van der Waals surface area (Å²) in [5.74, 6) is 0.850. The maximum atomic E-state index is 12.3. The number of hydrazone groups is 1. The molecule has 3 aromatic rings.